The summed E-state index contributed by atoms with van der Waals surface area (Å²) in [6.45, 7) is 4.15. The second kappa shape index (κ2) is 5.90. The molecule has 2 unspecified atom stereocenters. The smallest absolute Gasteiger partial charge is 0.307 e. The number of hydrogen-bond acceptors (Lipinski definition) is 3. The number of aliphatic carboxylic acids is 1. The van der Waals surface area contributed by atoms with Crippen LogP contribution in [-0.2, 0) is 14.3 Å². The molecule has 1 amide bonds. The maximum Gasteiger partial charge on any atom is 0.307 e. The fourth-order valence-corrected chi connectivity index (χ4v) is 3.48. The van der Waals surface area contributed by atoms with Gasteiger partial charge in [-0.25, -0.2) is 0 Å². The van der Waals surface area contributed by atoms with Crippen LogP contribution in [0.4, 0.5) is 0 Å². The van der Waals surface area contributed by atoms with Crippen molar-refractivity contribution >= 4 is 11.9 Å². The van der Waals surface area contributed by atoms with Gasteiger partial charge in [0.05, 0.1) is 18.4 Å². The molecule has 1 heterocycles. The van der Waals surface area contributed by atoms with Gasteiger partial charge in [-0.2, -0.15) is 0 Å². The van der Waals surface area contributed by atoms with Gasteiger partial charge in [0, 0.05) is 26.1 Å². The second-order valence-electron chi connectivity index (χ2n) is 6.02. The molecule has 0 bridgehead atoms. The molecule has 1 saturated carbocycles. The van der Waals surface area contributed by atoms with Crippen LogP contribution in [0.25, 0.3) is 0 Å². The Bertz CT molecular complexity index is 357. The molecule has 1 aliphatic heterocycles. The van der Waals surface area contributed by atoms with Crippen molar-refractivity contribution in [2.45, 2.75) is 26.2 Å². The minimum Gasteiger partial charge on any atom is -0.481 e. The molecule has 1 saturated heterocycles. The second-order valence-corrected chi connectivity index (χ2v) is 6.02. The highest BCUT2D eigenvalue weighted by atomic mass is 16.5. The number of nitrogens with zero attached hydrogens (tertiary/aromatic N) is 1. The van der Waals surface area contributed by atoms with E-state index in [-0.39, 0.29) is 11.8 Å². The summed E-state index contributed by atoms with van der Waals surface area (Å²) in [7, 11) is 1.67. The standard InChI is InChI=1S/C14H23NO4/c1-9-5-11(12(6-9)14(17)18)13(16)15-4-3-10(7-15)8-19-2/h9-12H,3-8H2,1-2H3,(H,17,18)/t9?,10?,11-,12+/m0/s1. The predicted molar refractivity (Wildman–Crippen MR) is 69.6 cm³/mol. The number of rotatable bonds is 4. The molecule has 0 aromatic rings. The van der Waals surface area contributed by atoms with E-state index in [1.165, 1.54) is 0 Å². The van der Waals surface area contributed by atoms with Gasteiger partial charge in [0.25, 0.3) is 0 Å². The van der Waals surface area contributed by atoms with E-state index in [2.05, 4.69) is 0 Å². The molecule has 2 aliphatic rings. The van der Waals surface area contributed by atoms with Gasteiger partial charge in [0.2, 0.25) is 5.91 Å². The van der Waals surface area contributed by atoms with E-state index in [1.807, 2.05) is 11.8 Å². The maximum atomic E-state index is 12.5. The van der Waals surface area contributed by atoms with Crippen LogP contribution in [0.5, 0.6) is 0 Å². The first-order chi connectivity index (χ1) is 9.02. The predicted octanol–water partition coefficient (Wildman–Crippen LogP) is 1.23. The Labute approximate surface area is 113 Å². The van der Waals surface area contributed by atoms with Crippen LogP contribution in [0.1, 0.15) is 26.2 Å². The lowest BCUT2D eigenvalue weighted by molar-refractivity contribution is -0.148. The molecule has 0 spiro atoms. The molecule has 19 heavy (non-hydrogen) atoms. The number of likely N-dealkylation sites (tertiary alicyclic amines) is 1. The van der Waals surface area contributed by atoms with Crippen molar-refractivity contribution in [1.82, 2.24) is 4.90 Å². The number of carboxylic acid groups (broad SMARTS) is 1. The van der Waals surface area contributed by atoms with Gasteiger partial charge in [-0.1, -0.05) is 6.92 Å². The van der Waals surface area contributed by atoms with Crippen LogP contribution in [-0.4, -0.2) is 48.7 Å². The lowest BCUT2D eigenvalue weighted by Crippen LogP contribution is -2.38. The third-order valence-electron chi connectivity index (χ3n) is 4.43. The average Bonchev–Trinajstić information content (AvgIpc) is 2.95. The fraction of sp³-hybridized carbons (Fsp3) is 0.857. The topological polar surface area (TPSA) is 66.8 Å². The summed E-state index contributed by atoms with van der Waals surface area (Å²) in [5, 5.41) is 9.24. The van der Waals surface area contributed by atoms with Crippen molar-refractivity contribution in [3.8, 4) is 0 Å². The average molecular weight is 269 g/mol. The van der Waals surface area contributed by atoms with Gasteiger partial charge in [-0.3, -0.25) is 9.59 Å². The highest BCUT2D eigenvalue weighted by molar-refractivity contribution is 5.85. The number of carbonyl (C=O) groups excluding carboxylic acids is 1. The first kappa shape index (κ1) is 14.3. The summed E-state index contributed by atoms with van der Waals surface area (Å²) in [6.07, 6.45) is 2.29. The lowest BCUT2D eigenvalue weighted by atomic mass is 9.95. The SMILES string of the molecule is COCC1CCN(C(=O)[C@H]2CC(C)C[C@H]2C(=O)O)C1. The quantitative estimate of drug-likeness (QED) is 0.833. The van der Waals surface area contributed by atoms with E-state index in [0.29, 0.717) is 37.8 Å². The van der Waals surface area contributed by atoms with Crippen LogP contribution in [0.15, 0.2) is 0 Å². The zero-order valence-electron chi connectivity index (χ0n) is 11.7. The zero-order chi connectivity index (χ0) is 14.0. The zero-order valence-corrected chi connectivity index (χ0v) is 11.7. The number of carboxylic acids is 1. The normalized spacial score (nSPS) is 34.7. The van der Waals surface area contributed by atoms with E-state index in [9.17, 15) is 14.7 Å². The maximum absolute atomic E-state index is 12.5. The van der Waals surface area contributed by atoms with Crippen molar-refractivity contribution in [1.29, 1.82) is 0 Å². The lowest BCUT2D eigenvalue weighted by Gasteiger charge is -2.23. The summed E-state index contributed by atoms with van der Waals surface area (Å²) in [4.78, 5) is 25.6. The highest BCUT2D eigenvalue weighted by Gasteiger charge is 2.43. The Kier molecular flexibility index (Phi) is 4.45. The Morgan fingerprint density at radius 2 is 2.00 bits per heavy atom. The summed E-state index contributed by atoms with van der Waals surface area (Å²) in [5.41, 5.74) is 0. The van der Waals surface area contributed by atoms with Gasteiger partial charge < -0.3 is 14.7 Å². The molecule has 4 atom stereocenters. The number of amides is 1. The Balaban J connectivity index is 1.97. The minimum atomic E-state index is -0.824. The van der Waals surface area contributed by atoms with Crippen LogP contribution in [0.2, 0.25) is 0 Å². The van der Waals surface area contributed by atoms with Crippen molar-refractivity contribution < 1.29 is 19.4 Å². The highest BCUT2D eigenvalue weighted by Crippen LogP contribution is 2.38. The van der Waals surface area contributed by atoms with Gasteiger partial charge >= 0.3 is 5.97 Å². The van der Waals surface area contributed by atoms with E-state index < -0.39 is 11.9 Å². The van der Waals surface area contributed by atoms with Crippen LogP contribution < -0.4 is 0 Å². The van der Waals surface area contributed by atoms with E-state index in [0.717, 1.165) is 13.0 Å². The summed E-state index contributed by atoms with van der Waals surface area (Å²) in [6, 6.07) is 0. The third kappa shape index (κ3) is 3.08. The van der Waals surface area contributed by atoms with Gasteiger partial charge in [0.1, 0.15) is 0 Å². The van der Waals surface area contributed by atoms with E-state index in [1.54, 1.807) is 7.11 Å². The minimum absolute atomic E-state index is 0.0374. The molecular formula is C14H23NO4. The largest absolute Gasteiger partial charge is 0.481 e. The molecule has 0 aromatic carbocycles. The van der Waals surface area contributed by atoms with Crippen LogP contribution in [0.3, 0.4) is 0 Å². The summed E-state index contributed by atoms with van der Waals surface area (Å²) < 4.78 is 5.12. The van der Waals surface area contributed by atoms with E-state index in [4.69, 9.17) is 4.74 Å². The Morgan fingerprint density at radius 3 is 2.63 bits per heavy atom. The van der Waals surface area contributed by atoms with Crippen molar-refractivity contribution in [2.24, 2.45) is 23.7 Å². The molecule has 5 heteroatoms. The molecule has 1 N–H and O–H groups in total. The van der Waals surface area contributed by atoms with Gasteiger partial charge in [0.15, 0.2) is 0 Å². The first-order valence-corrected chi connectivity index (χ1v) is 7.03. The third-order valence-corrected chi connectivity index (χ3v) is 4.43. The molecule has 108 valence electrons. The number of ether oxygens (including phenoxy) is 1. The van der Waals surface area contributed by atoms with E-state index >= 15 is 0 Å². The molecule has 0 radical (unpaired) electrons. The van der Waals surface area contributed by atoms with Crippen molar-refractivity contribution in [2.75, 3.05) is 26.8 Å². The summed E-state index contributed by atoms with van der Waals surface area (Å²) >= 11 is 0. The number of methoxy groups -OCH3 is 1. The number of carbonyl (C=O) groups is 2. The molecule has 2 fully saturated rings. The van der Waals surface area contributed by atoms with Crippen molar-refractivity contribution in [3.63, 3.8) is 0 Å². The first-order valence-electron chi connectivity index (χ1n) is 7.03. The Morgan fingerprint density at radius 1 is 1.32 bits per heavy atom. The molecule has 5 nitrogen and oxygen atoms in total. The summed E-state index contributed by atoms with van der Waals surface area (Å²) in [5.74, 6) is -0.882. The molecule has 0 aromatic heterocycles. The van der Waals surface area contributed by atoms with Crippen LogP contribution in [0, 0.1) is 23.7 Å². The molecule has 1 aliphatic carbocycles. The van der Waals surface area contributed by atoms with Crippen LogP contribution >= 0.6 is 0 Å². The van der Waals surface area contributed by atoms with Gasteiger partial charge in [-0.05, 0) is 25.2 Å². The molecule has 2 rings (SSSR count). The molecular weight excluding hydrogens is 246 g/mol. The monoisotopic (exact) mass is 269 g/mol. The Hall–Kier alpha value is -1.10. The fourth-order valence-electron chi connectivity index (χ4n) is 3.48. The number of hydrogen-bond donors (Lipinski definition) is 1. The van der Waals surface area contributed by atoms with Gasteiger partial charge in [-0.15, -0.1) is 0 Å². The van der Waals surface area contributed by atoms with Crippen molar-refractivity contribution in [3.05, 3.63) is 0 Å².